The molecular weight excluding hydrogens is 197 g/mol. The summed E-state index contributed by atoms with van der Waals surface area (Å²) < 4.78 is 37.2. The number of aryl methyl sites for hydroxylation is 2. The summed E-state index contributed by atoms with van der Waals surface area (Å²) in [5, 5.41) is 12.5. The summed E-state index contributed by atoms with van der Waals surface area (Å²) >= 11 is 0. The van der Waals surface area contributed by atoms with E-state index in [4.69, 9.17) is 5.11 Å². The fourth-order valence-corrected chi connectivity index (χ4v) is 1.09. The first-order valence-electron chi connectivity index (χ1n) is 4.13. The van der Waals surface area contributed by atoms with Crippen LogP contribution in [0.25, 0.3) is 0 Å². The molecule has 0 aliphatic heterocycles. The third-order valence-electron chi connectivity index (χ3n) is 1.97. The summed E-state index contributed by atoms with van der Waals surface area (Å²) in [6.07, 6.45) is -5.44. The van der Waals surface area contributed by atoms with Gasteiger partial charge in [-0.1, -0.05) is 0 Å². The maximum atomic E-state index is 11.9. The fraction of sp³-hybridized carbons (Fsp3) is 0.625. The molecule has 1 N–H and O–H groups in total. The molecule has 0 radical (unpaired) electrons. The molecule has 14 heavy (non-hydrogen) atoms. The Morgan fingerprint density at radius 2 is 2.21 bits per heavy atom. The van der Waals surface area contributed by atoms with E-state index in [0.717, 1.165) is 0 Å². The molecular formula is C8H11F3N2O. The molecule has 3 nitrogen and oxygen atoms in total. The number of hydrogen-bond acceptors (Lipinski definition) is 2. The molecule has 1 unspecified atom stereocenters. The van der Waals surface area contributed by atoms with Gasteiger partial charge in [-0.15, -0.1) is 0 Å². The largest absolute Gasteiger partial charge is 0.414 e. The highest BCUT2D eigenvalue weighted by Crippen LogP contribution is 2.23. The Kier molecular flexibility index (Phi) is 3.15. The molecule has 0 saturated carbocycles. The maximum absolute atomic E-state index is 11.9. The van der Waals surface area contributed by atoms with Crippen LogP contribution in [0.3, 0.4) is 0 Å². The van der Waals surface area contributed by atoms with E-state index >= 15 is 0 Å². The van der Waals surface area contributed by atoms with E-state index in [-0.39, 0.29) is 12.8 Å². The first-order valence-corrected chi connectivity index (χ1v) is 4.13. The second-order valence-electron chi connectivity index (χ2n) is 3.04. The van der Waals surface area contributed by atoms with E-state index in [2.05, 4.69) is 5.10 Å². The average molecular weight is 208 g/mol. The van der Waals surface area contributed by atoms with Crippen LogP contribution in [0.2, 0.25) is 0 Å². The van der Waals surface area contributed by atoms with Crippen molar-refractivity contribution in [3.05, 3.63) is 18.0 Å². The van der Waals surface area contributed by atoms with Crippen LogP contribution in [0, 0.1) is 0 Å². The summed E-state index contributed by atoms with van der Waals surface area (Å²) in [5.41, 5.74) is 0.674. The minimum atomic E-state index is -4.53. The lowest BCUT2D eigenvalue weighted by atomic mass is 10.1. The fourth-order valence-electron chi connectivity index (χ4n) is 1.09. The number of halogens is 3. The normalized spacial score (nSPS) is 14.4. The van der Waals surface area contributed by atoms with Gasteiger partial charge < -0.3 is 5.11 Å². The van der Waals surface area contributed by atoms with E-state index in [0.29, 0.717) is 5.69 Å². The van der Waals surface area contributed by atoms with Gasteiger partial charge in [-0.05, 0) is 18.9 Å². The Labute approximate surface area is 79.2 Å². The summed E-state index contributed by atoms with van der Waals surface area (Å²) in [6, 6.07) is 1.63. The molecule has 1 heterocycles. The van der Waals surface area contributed by atoms with Crippen LogP contribution < -0.4 is 0 Å². The zero-order chi connectivity index (χ0) is 10.8. The molecule has 0 fully saturated rings. The predicted molar refractivity (Wildman–Crippen MR) is 43.6 cm³/mol. The Balaban J connectivity index is 2.46. The van der Waals surface area contributed by atoms with Crippen LogP contribution in [0.5, 0.6) is 0 Å². The van der Waals surface area contributed by atoms with Crippen LogP contribution in [0.4, 0.5) is 13.2 Å². The van der Waals surface area contributed by atoms with E-state index in [1.807, 2.05) is 0 Å². The van der Waals surface area contributed by atoms with Gasteiger partial charge in [0.25, 0.3) is 0 Å². The van der Waals surface area contributed by atoms with E-state index in [9.17, 15) is 13.2 Å². The Morgan fingerprint density at radius 3 is 2.64 bits per heavy atom. The number of aliphatic hydroxyl groups excluding tert-OH is 1. The molecule has 1 aromatic heterocycles. The minimum absolute atomic E-state index is 0.164. The topological polar surface area (TPSA) is 38.0 Å². The number of hydrogen-bond donors (Lipinski definition) is 1. The Bertz CT molecular complexity index is 295. The van der Waals surface area contributed by atoms with Gasteiger partial charge in [-0.25, -0.2) is 0 Å². The van der Waals surface area contributed by atoms with Crippen LogP contribution >= 0.6 is 0 Å². The van der Waals surface area contributed by atoms with Crippen LogP contribution in [-0.4, -0.2) is 27.2 Å². The molecule has 0 aromatic carbocycles. The van der Waals surface area contributed by atoms with Gasteiger partial charge in [0.1, 0.15) is 6.10 Å². The molecule has 0 aliphatic rings. The van der Waals surface area contributed by atoms with Gasteiger partial charge in [0.15, 0.2) is 0 Å². The zero-order valence-electron chi connectivity index (χ0n) is 7.62. The molecule has 0 saturated heterocycles. The molecule has 0 amide bonds. The van der Waals surface area contributed by atoms with Crippen molar-refractivity contribution in [3.8, 4) is 0 Å². The van der Waals surface area contributed by atoms with Crippen molar-refractivity contribution in [2.75, 3.05) is 0 Å². The van der Waals surface area contributed by atoms with E-state index in [1.54, 1.807) is 13.1 Å². The van der Waals surface area contributed by atoms with Gasteiger partial charge >= 0.3 is 6.18 Å². The number of aromatic nitrogens is 2. The third kappa shape index (κ3) is 2.73. The van der Waals surface area contributed by atoms with Gasteiger partial charge in [0, 0.05) is 18.9 Å². The Morgan fingerprint density at radius 1 is 1.57 bits per heavy atom. The zero-order valence-corrected chi connectivity index (χ0v) is 7.62. The smallest absolute Gasteiger partial charge is 0.384 e. The SMILES string of the molecule is Cn1nccc1CCC(O)C(F)(F)F. The van der Waals surface area contributed by atoms with Crippen LogP contribution in [0.15, 0.2) is 12.3 Å². The second kappa shape index (κ2) is 4.00. The minimum Gasteiger partial charge on any atom is -0.384 e. The lowest BCUT2D eigenvalue weighted by Crippen LogP contribution is -2.29. The monoisotopic (exact) mass is 208 g/mol. The molecule has 1 atom stereocenters. The molecule has 0 bridgehead atoms. The van der Waals surface area contributed by atoms with Gasteiger partial charge in [-0.2, -0.15) is 18.3 Å². The average Bonchev–Trinajstić information content (AvgIpc) is 2.45. The molecule has 80 valence electrons. The lowest BCUT2D eigenvalue weighted by Gasteiger charge is -2.13. The van der Waals surface area contributed by atoms with Gasteiger partial charge in [0.05, 0.1) is 0 Å². The van der Waals surface area contributed by atoms with Crippen molar-refractivity contribution in [1.82, 2.24) is 9.78 Å². The second-order valence-corrected chi connectivity index (χ2v) is 3.04. The number of nitrogens with zero attached hydrogens (tertiary/aromatic N) is 2. The number of rotatable bonds is 3. The first kappa shape index (κ1) is 11.0. The van der Waals surface area contributed by atoms with Gasteiger partial charge in [-0.3, -0.25) is 4.68 Å². The quantitative estimate of drug-likeness (QED) is 0.812. The van der Waals surface area contributed by atoms with Crippen molar-refractivity contribution in [2.24, 2.45) is 7.05 Å². The third-order valence-corrected chi connectivity index (χ3v) is 1.97. The molecule has 6 heteroatoms. The maximum Gasteiger partial charge on any atom is 0.414 e. The molecule has 0 spiro atoms. The summed E-state index contributed by atoms with van der Waals surface area (Å²) in [6.45, 7) is 0. The van der Waals surface area contributed by atoms with Crippen molar-refractivity contribution in [3.63, 3.8) is 0 Å². The summed E-state index contributed by atoms with van der Waals surface area (Å²) in [5.74, 6) is 0. The van der Waals surface area contributed by atoms with Crippen molar-refractivity contribution >= 4 is 0 Å². The predicted octanol–water partition coefficient (Wildman–Crippen LogP) is 1.28. The first-order chi connectivity index (χ1) is 6.41. The van der Waals surface area contributed by atoms with Crippen molar-refractivity contribution < 1.29 is 18.3 Å². The van der Waals surface area contributed by atoms with Crippen LogP contribution in [0.1, 0.15) is 12.1 Å². The number of alkyl halides is 3. The highest BCUT2D eigenvalue weighted by Gasteiger charge is 2.37. The standard InChI is InChI=1S/C8H11F3N2O/c1-13-6(4-5-12-13)2-3-7(14)8(9,10)11/h4-5,7,14H,2-3H2,1H3. The summed E-state index contributed by atoms with van der Waals surface area (Å²) in [4.78, 5) is 0. The molecule has 0 aliphatic carbocycles. The van der Waals surface area contributed by atoms with Crippen molar-refractivity contribution in [1.29, 1.82) is 0 Å². The Hall–Kier alpha value is -1.04. The van der Waals surface area contributed by atoms with Crippen molar-refractivity contribution in [2.45, 2.75) is 25.1 Å². The number of aliphatic hydroxyl groups is 1. The van der Waals surface area contributed by atoms with Gasteiger partial charge in [0.2, 0.25) is 0 Å². The summed E-state index contributed by atoms with van der Waals surface area (Å²) in [7, 11) is 1.65. The van der Waals surface area contributed by atoms with E-state index < -0.39 is 12.3 Å². The highest BCUT2D eigenvalue weighted by molar-refractivity contribution is 5.00. The molecule has 1 rings (SSSR count). The highest BCUT2D eigenvalue weighted by atomic mass is 19.4. The molecule has 1 aromatic rings. The van der Waals surface area contributed by atoms with Crippen LogP contribution in [-0.2, 0) is 13.5 Å². The lowest BCUT2D eigenvalue weighted by molar-refractivity contribution is -0.205. The van der Waals surface area contributed by atoms with E-state index in [1.165, 1.54) is 10.9 Å².